The van der Waals surface area contributed by atoms with E-state index in [-0.39, 0.29) is 11.3 Å². The third-order valence-corrected chi connectivity index (χ3v) is 2.37. The Labute approximate surface area is 83.5 Å². The van der Waals surface area contributed by atoms with E-state index in [1.54, 1.807) is 6.21 Å². The highest BCUT2D eigenvalue weighted by atomic mass is 16.1. The first kappa shape index (κ1) is 9.19. The molecule has 0 aliphatic carbocycles. The number of nitrogens with zero attached hydrogens (tertiary/aromatic N) is 2. The molecule has 2 heterocycles. The second-order valence-electron chi connectivity index (χ2n) is 4.53. The van der Waals surface area contributed by atoms with Gasteiger partial charge < -0.3 is 4.57 Å². The number of Topliss-reactive ketones (excluding diaryl/α,β-unsaturated/α-hetero) is 1. The fraction of sp³-hybridized carbons (Fsp3) is 0.455. The molecule has 0 unspecified atom stereocenters. The lowest BCUT2D eigenvalue weighted by Gasteiger charge is -2.23. The van der Waals surface area contributed by atoms with E-state index in [0.29, 0.717) is 6.42 Å². The predicted octanol–water partition coefficient (Wildman–Crippen LogP) is 2.53. The number of carbonyl (C=O) groups excluding carboxylic acids is 1. The van der Waals surface area contributed by atoms with Gasteiger partial charge in [0.25, 0.3) is 0 Å². The molecule has 0 spiro atoms. The van der Waals surface area contributed by atoms with E-state index in [4.69, 9.17) is 0 Å². The van der Waals surface area contributed by atoms with E-state index < -0.39 is 0 Å². The van der Waals surface area contributed by atoms with Gasteiger partial charge in [-0.25, -0.2) is 4.99 Å². The Morgan fingerprint density at radius 3 is 2.79 bits per heavy atom. The molecule has 0 saturated heterocycles. The molecular formula is C11H14N2O. The zero-order chi connectivity index (χ0) is 10.3. The lowest BCUT2D eigenvalue weighted by Crippen LogP contribution is -2.21. The zero-order valence-corrected chi connectivity index (χ0v) is 8.74. The Bertz CT molecular complexity index is 407. The van der Waals surface area contributed by atoms with Gasteiger partial charge in [-0.15, -0.1) is 0 Å². The average Bonchev–Trinajstić information content (AvgIpc) is 2.47. The van der Waals surface area contributed by atoms with Crippen LogP contribution < -0.4 is 0 Å². The first-order chi connectivity index (χ1) is 6.50. The molecule has 0 amide bonds. The Morgan fingerprint density at radius 2 is 2.14 bits per heavy atom. The minimum absolute atomic E-state index is 0.0253. The van der Waals surface area contributed by atoms with Gasteiger partial charge in [-0.3, -0.25) is 4.79 Å². The minimum Gasteiger partial charge on any atom is -0.327 e. The number of aliphatic imine (C=N–C) groups is 1. The summed E-state index contributed by atoms with van der Waals surface area (Å²) in [4.78, 5) is 15.8. The summed E-state index contributed by atoms with van der Waals surface area (Å²) in [5.74, 6) is 0.965. The van der Waals surface area contributed by atoms with Crippen LogP contribution in [0.3, 0.4) is 0 Å². The topological polar surface area (TPSA) is 34.4 Å². The first-order valence-corrected chi connectivity index (χ1v) is 4.78. The van der Waals surface area contributed by atoms with E-state index >= 15 is 0 Å². The molecule has 1 aliphatic heterocycles. The smallest absolute Gasteiger partial charge is 0.171 e. The molecular weight excluding hydrogens is 176 g/mol. The summed E-state index contributed by atoms with van der Waals surface area (Å²) in [6.07, 6.45) is 4.05. The number of hydrogen-bond donors (Lipinski definition) is 0. The standard InChI is InChI=1S/C11H14N2O/c1-11(2,3)13-7-5-8-9(14)4-6-12-10(8)13/h5-7H,4H2,1-3H3. The third kappa shape index (κ3) is 1.29. The zero-order valence-electron chi connectivity index (χ0n) is 8.74. The summed E-state index contributed by atoms with van der Waals surface area (Å²) in [6, 6.07) is 1.86. The Hall–Kier alpha value is -1.38. The molecule has 0 radical (unpaired) electrons. The monoisotopic (exact) mass is 190 g/mol. The molecule has 2 rings (SSSR count). The quantitative estimate of drug-likeness (QED) is 0.619. The number of rotatable bonds is 0. The van der Waals surface area contributed by atoms with Gasteiger partial charge in [-0.2, -0.15) is 0 Å². The summed E-state index contributed by atoms with van der Waals surface area (Å²) >= 11 is 0. The van der Waals surface area contributed by atoms with Crippen molar-refractivity contribution in [3.63, 3.8) is 0 Å². The average molecular weight is 190 g/mol. The molecule has 3 heteroatoms. The van der Waals surface area contributed by atoms with Crippen LogP contribution in [0.4, 0.5) is 5.82 Å². The second kappa shape index (κ2) is 2.80. The van der Waals surface area contributed by atoms with Gasteiger partial charge in [0.2, 0.25) is 0 Å². The van der Waals surface area contributed by atoms with E-state index in [1.165, 1.54) is 0 Å². The predicted molar refractivity (Wildman–Crippen MR) is 56.5 cm³/mol. The fourth-order valence-electron chi connectivity index (χ4n) is 1.64. The van der Waals surface area contributed by atoms with Crippen molar-refractivity contribution in [1.29, 1.82) is 0 Å². The van der Waals surface area contributed by atoms with Gasteiger partial charge in [0.1, 0.15) is 5.82 Å². The number of aromatic nitrogens is 1. The van der Waals surface area contributed by atoms with E-state index in [2.05, 4.69) is 25.8 Å². The molecule has 0 bridgehead atoms. The highest BCUT2D eigenvalue weighted by Gasteiger charge is 2.23. The van der Waals surface area contributed by atoms with Crippen LogP contribution in [-0.4, -0.2) is 16.6 Å². The van der Waals surface area contributed by atoms with E-state index in [9.17, 15) is 4.79 Å². The third-order valence-electron chi connectivity index (χ3n) is 2.37. The number of ketones is 1. The van der Waals surface area contributed by atoms with Gasteiger partial charge in [-0.05, 0) is 26.8 Å². The lowest BCUT2D eigenvalue weighted by atomic mass is 10.1. The van der Waals surface area contributed by atoms with E-state index in [1.807, 2.05) is 16.8 Å². The first-order valence-electron chi connectivity index (χ1n) is 4.78. The van der Waals surface area contributed by atoms with Crippen molar-refractivity contribution >= 4 is 17.8 Å². The molecule has 1 aliphatic rings. The highest BCUT2D eigenvalue weighted by molar-refractivity contribution is 6.09. The van der Waals surface area contributed by atoms with Crippen LogP contribution in [0.5, 0.6) is 0 Å². The van der Waals surface area contributed by atoms with Gasteiger partial charge in [-0.1, -0.05) is 0 Å². The van der Waals surface area contributed by atoms with Crippen LogP contribution in [0.25, 0.3) is 0 Å². The van der Waals surface area contributed by atoms with Crippen molar-refractivity contribution in [2.45, 2.75) is 32.7 Å². The maximum Gasteiger partial charge on any atom is 0.171 e. The molecule has 3 nitrogen and oxygen atoms in total. The number of fused-ring (bicyclic) bond motifs is 1. The maximum absolute atomic E-state index is 11.5. The van der Waals surface area contributed by atoms with Crippen molar-refractivity contribution in [3.8, 4) is 0 Å². The molecule has 0 aromatic carbocycles. The number of carbonyl (C=O) groups is 1. The van der Waals surface area contributed by atoms with Gasteiger partial charge in [0.05, 0.1) is 5.56 Å². The maximum atomic E-state index is 11.5. The second-order valence-corrected chi connectivity index (χ2v) is 4.53. The summed E-state index contributed by atoms with van der Waals surface area (Å²) in [5.41, 5.74) is 0.727. The summed E-state index contributed by atoms with van der Waals surface area (Å²) in [6.45, 7) is 6.30. The van der Waals surface area contributed by atoms with Crippen molar-refractivity contribution in [3.05, 3.63) is 17.8 Å². The molecule has 0 atom stereocenters. The summed E-state index contributed by atoms with van der Waals surface area (Å²) < 4.78 is 2.04. The minimum atomic E-state index is -0.0253. The molecule has 0 N–H and O–H groups in total. The Morgan fingerprint density at radius 1 is 1.43 bits per heavy atom. The molecule has 0 saturated carbocycles. The SMILES string of the molecule is CC(C)(C)n1ccc2c1N=CCC2=O. The number of hydrogen-bond acceptors (Lipinski definition) is 2. The fourth-order valence-corrected chi connectivity index (χ4v) is 1.64. The Balaban J connectivity index is 2.59. The highest BCUT2D eigenvalue weighted by Crippen LogP contribution is 2.30. The molecule has 14 heavy (non-hydrogen) atoms. The van der Waals surface area contributed by atoms with E-state index in [0.717, 1.165) is 11.4 Å². The van der Waals surface area contributed by atoms with Crippen molar-refractivity contribution in [2.75, 3.05) is 0 Å². The molecule has 1 aromatic rings. The summed E-state index contributed by atoms with van der Waals surface area (Å²) in [5, 5.41) is 0. The largest absolute Gasteiger partial charge is 0.327 e. The van der Waals surface area contributed by atoms with Crippen LogP contribution >= 0.6 is 0 Å². The van der Waals surface area contributed by atoms with Crippen LogP contribution in [0.2, 0.25) is 0 Å². The van der Waals surface area contributed by atoms with Crippen LogP contribution in [0, 0.1) is 0 Å². The van der Waals surface area contributed by atoms with Crippen LogP contribution in [-0.2, 0) is 5.54 Å². The van der Waals surface area contributed by atoms with Gasteiger partial charge in [0, 0.05) is 24.4 Å². The van der Waals surface area contributed by atoms with Gasteiger partial charge in [0.15, 0.2) is 5.78 Å². The summed E-state index contributed by atoms with van der Waals surface area (Å²) in [7, 11) is 0. The van der Waals surface area contributed by atoms with Crippen molar-refractivity contribution < 1.29 is 4.79 Å². The van der Waals surface area contributed by atoms with Crippen LogP contribution in [0.1, 0.15) is 37.6 Å². The van der Waals surface area contributed by atoms with Gasteiger partial charge >= 0.3 is 0 Å². The molecule has 0 fully saturated rings. The lowest BCUT2D eigenvalue weighted by molar-refractivity contribution is 0.100. The molecule has 74 valence electrons. The van der Waals surface area contributed by atoms with Crippen molar-refractivity contribution in [1.82, 2.24) is 4.57 Å². The van der Waals surface area contributed by atoms with Crippen LogP contribution in [0.15, 0.2) is 17.3 Å². The normalized spacial score (nSPS) is 15.8. The Kier molecular flexibility index (Phi) is 1.84. The van der Waals surface area contributed by atoms with Crippen molar-refractivity contribution in [2.24, 2.45) is 4.99 Å². The molecule has 1 aromatic heterocycles.